The number of hydrogen-bond acceptors (Lipinski definition) is 3. The van der Waals surface area contributed by atoms with Gasteiger partial charge in [-0.2, -0.15) is 0 Å². The Bertz CT molecular complexity index is 1330. The summed E-state index contributed by atoms with van der Waals surface area (Å²) >= 11 is 18.2. The Balaban J connectivity index is 1.41. The number of amides is 3. The number of aryl methyl sites for hydroxylation is 1. The molecule has 2 atom stereocenters. The van der Waals surface area contributed by atoms with E-state index in [4.69, 9.17) is 23.2 Å². The van der Waals surface area contributed by atoms with E-state index < -0.39 is 45.9 Å². The lowest BCUT2D eigenvalue weighted by molar-refractivity contribution is -0.142. The predicted octanol–water partition coefficient (Wildman–Crippen LogP) is 5.29. The van der Waals surface area contributed by atoms with E-state index in [0.29, 0.717) is 5.69 Å². The van der Waals surface area contributed by atoms with E-state index in [1.807, 2.05) is 67.6 Å². The van der Waals surface area contributed by atoms with Crippen LogP contribution in [0.4, 0.5) is 5.69 Å². The number of halogens is 3. The van der Waals surface area contributed by atoms with Crippen molar-refractivity contribution in [2.24, 2.45) is 11.8 Å². The van der Waals surface area contributed by atoms with E-state index in [0.717, 1.165) is 37.2 Å². The quantitative estimate of drug-likeness (QED) is 0.344. The highest BCUT2D eigenvalue weighted by Crippen LogP contribution is 2.69. The van der Waals surface area contributed by atoms with E-state index in [1.165, 1.54) is 0 Å². The molecule has 0 saturated carbocycles. The predicted molar refractivity (Wildman–Crippen MR) is 137 cm³/mol. The second-order valence-electron chi connectivity index (χ2n) is 9.24. The molecule has 3 aromatic rings. The lowest BCUT2D eigenvalue weighted by Crippen LogP contribution is -2.57. The second kappa shape index (κ2) is 7.66. The molecule has 3 aliphatic carbocycles. The molecule has 0 spiro atoms. The van der Waals surface area contributed by atoms with Gasteiger partial charge in [0, 0.05) is 10.2 Å². The maximum atomic E-state index is 13.8. The Labute approximate surface area is 220 Å². The highest BCUT2D eigenvalue weighted by atomic mass is 79.9. The van der Waals surface area contributed by atoms with E-state index in [9.17, 15) is 14.4 Å². The number of likely N-dealkylation sites (tertiary alicyclic amines) is 1. The van der Waals surface area contributed by atoms with Gasteiger partial charge in [-0.25, -0.2) is 0 Å². The highest BCUT2D eigenvalue weighted by molar-refractivity contribution is 9.10. The molecular weight excluding hydrogens is 551 g/mol. The summed E-state index contributed by atoms with van der Waals surface area (Å²) in [6.45, 7) is 1.45. The molecule has 4 aliphatic rings. The maximum Gasteiger partial charge on any atom is 0.244 e. The standard InChI is InChI=1S/C27H19BrCl2N2O3/c1-14-12-15(28)10-11-20(14)31-21(33)13-32-24(34)22-23(25(32)35)27(30)17-7-3-2-6-16(17)26(22,29)18-8-4-5-9-19(18)27/h2-12,22-23H,13H2,1H3,(H,31,33)/t22-,23-,26?,27?/m0/s1. The number of nitrogens with one attached hydrogen (secondary N) is 1. The summed E-state index contributed by atoms with van der Waals surface area (Å²) < 4.78 is 0.886. The van der Waals surface area contributed by atoms with Crippen LogP contribution in [0.1, 0.15) is 27.8 Å². The Morgan fingerprint density at radius 2 is 1.34 bits per heavy atom. The van der Waals surface area contributed by atoms with Crippen molar-refractivity contribution in [1.82, 2.24) is 4.90 Å². The number of imide groups is 1. The lowest BCUT2D eigenvalue weighted by Gasteiger charge is -2.54. The molecule has 0 aromatic heterocycles. The Morgan fingerprint density at radius 1 is 0.886 bits per heavy atom. The van der Waals surface area contributed by atoms with E-state index in [-0.39, 0.29) is 0 Å². The van der Waals surface area contributed by atoms with Crippen LogP contribution in [0.15, 0.2) is 71.2 Å². The molecule has 1 fully saturated rings. The molecule has 176 valence electrons. The largest absolute Gasteiger partial charge is 0.324 e. The van der Waals surface area contributed by atoms with Crippen molar-refractivity contribution in [3.63, 3.8) is 0 Å². The van der Waals surface area contributed by atoms with Crippen molar-refractivity contribution in [2.45, 2.75) is 16.7 Å². The molecule has 1 heterocycles. The molecule has 0 radical (unpaired) electrons. The third-order valence-corrected chi connectivity index (χ3v) is 9.22. The normalized spacial score (nSPS) is 27.9. The molecule has 0 unspecified atom stereocenters. The van der Waals surface area contributed by atoms with Crippen LogP contribution in [0, 0.1) is 18.8 Å². The topological polar surface area (TPSA) is 66.5 Å². The van der Waals surface area contributed by atoms with Gasteiger partial charge in [0.15, 0.2) is 0 Å². The van der Waals surface area contributed by atoms with Gasteiger partial charge in [0.1, 0.15) is 16.3 Å². The molecular formula is C27H19BrCl2N2O3. The smallest absolute Gasteiger partial charge is 0.244 e. The van der Waals surface area contributed by atoms with Crippen molar-refractivity contribution < 1.29 is 14.4 Å². The molecule has 3 aromatic carbocycles. The minimum absolute atomic E-state index is 0.410. The Kier molecular flexibility index (Phi) is 4.99. The lowest BCUT2D eigenvalue weighted by atomic mass is 9.54. The highest BCUT2D eigenvalue weighted by Gasteiger charge is 2.73. The van der Waals surface area contributed by atoms with Crippen LogP contribution in [0.3, 0.4) is 0 Å². The number of nitrogens with zero attached hydrogens (tertiary/aromatic N) is 1. The first kappa shape index (κ1) is 22.8. The van der Waals surface area contributed by atoms with Gasteiger partial charge in [-0.05, 0) is 52.9 Å². The molecule has 35 heavy (non-hydrogen) atoms. The molecule has 1 saturated heterocycles. The zero-order chi connectivity index (χ0) is 24.7. The third-order valence-electron chi connectivity index (χ3n) is 7.44. The van der Waals surface area contributed by atoms with Gasteiger partial charge in [0.05, 0.1) is 11.8 Å². The summed E-state index contributed by atoms with van der Waals surface area (Å²) in [7, 11) is 0. The molecule has 2 bridgehead atoms. The fourth-order valence-corrected chi connectivity index (χ4v) is 7.55. The van der Waals surface area contributed by atoms with Crippen LogP contribution in [-0.2, 0) is 24.1 Å². The van der Waals surface area contributed by atoms with Crippen LogP contribution < -0.4 is 5.32 Å². The van der Waals surface area contributed by atoms with Gasteiger partial charge >= 0.3 is 0 Å². The number of carbonyl (C=O) groups excluding carboxylic acids is 3. The zero-order valence-corrected chi connectivity index (χ0v) is 21.6. The van der Waals surface area contributed by atoms with Gasteiger partial charge < -0.3 is 5.32 Å². The molecule has 3 amide bonds. The van der Waals surface area contributed by atoms with Gasteiger partial charge in [0.2, 0.25) is 17.7 Å². The van der Waals surface area contributed by atoms with Crippen molar-refractivity contribution in [3.8, 4) is 0 Å². The SMILES string of the molecule is Cc1cc(Br)ccc1NC(=O)CN1C(=O)[C@@H]2[C@@H](C1=O)C1(Cl)c3ccccc3C2(Cl)c2ccccc21. The maximum absolute atomic E-state index is 13.8. The summed E-state index contributed by atoms with van der Waals surface area (Å²) in [5, 5.41) is 2.81. The first-order valence-electron chi connectivity index (χ1n) is 11.2. The van der Waals surface area contributed by atoms with E-state index in [1.54, 1.807) is 6.07 Å². The van der Waals surface area contributed by atoms with Crippen molar-refractivity contribution in [2.75, 3.05) is 11.9 Å². The monoisotopic (exact) mass is 568 g/mol. The van der Waals surface area contributed by atoms with Crippen molar-refractivity contribution >= 4 is 62.5 Å². The van der Waals surface area contributed by atoms with Crippen molar-refractivity contribution in [1.29, 1.82) is 0 Å². The van der Waals surface area contributed by atoms with Crippen molar-refractivity contribution in [3.05, 3.63) is 99.0 Å². The van der Waals surface area contributed by atoms with Gasteiger partial charge in [-0.3, -0.25) is 19.3 Å². The van der Waals surface area contributed by atoms with Crippen LogP contribution >= 0.6 is 39.1 Å². The van der Waals surface area contributed by atoms with E-state index in [2.05, 4.69) is 21.2 Å². The second-order valence-corrected chi connectivity index (χ2v) is 11.3. The number of carbonyl (C=O) groups is 3. The van der Waals surface area contributed by atoms with Crippen LogP contribution in [0.5, 0.6) is 0 Å². The number of hydrogen-bond donors (Lipinski definition) is 1. The molecule has 5 nitrogen and oxygen atoms in total. The number of anilines is 1. The average Bonchev–Trinajstić information content (AvgIpc) is 3.10. The van der Waals surface area contributed by atoms with Crippen LogP contribution in [-0.4, -0.2) is 29.2 Å². The fourth-order valence-electron chi connectivity index (χ4n) is 5.98. The van der Waals surface area contributed by atoms with Gasteiger partial charge in [-0.15, -0.1) is 23.2 Å². The average molecular weight is 570 g/mol. The zero-order valence-electron chi connectivity index (χ0n) is 18.5. The number of rotatable bonds is 3. The molecule has 1 N–H and O–H groups in total. The minimum Gasteiger partial charge on any atom is -0.324 e. The van der Waals surface area contributed by atoms with Crippen LogP contribution in [0.25, 0.3) is 0 Å². The number of alkyl halides is 2. The van der Waals surface area contributed by atoms with Crippen LogP contribution in [0.2, 0.25) is 0 Å². The summed E-state index contributed by atoms with van der Waals surface area (Å²) in [5.41, 5.74) is 4.38. The Morgan fingerprint density at radius 3 is 1.77 bits per heavy atom. The summed E-state index contributed by atoms with van der Waals surface area (Å²) in [5.74, 6) is -3.26. The first-order chi connectivity index (χ1) is 16.7. The summed E-state index contributed by atoms with van der Waals surface area (Å²) in [6.07, 6.45) is 0. The third kappa shape index (κ3) is 2.90. The minimum atomic E-state index is -1.26. The van der Waals surface area contributed by atoms with Gasteiger partial charge in [-0.1, -0.05) is 64.5 Å². The summed E-state index contributed by atoms with van der Waals surface area (Å²) in [4.78, 5) is 39.0. The Hall–Kier alpha value is -2.67. The molecule has 8 heteroatoms. The van der Waals surface area contributed by atoms with Gasteiger partial charge in [0.25, 0.3) is 0 Å². The fraction of sp³-hybridized carbons (Fsp3) is 0.222. The molecule has 1 aliphatic heterocycles. The molecule has 7 rings (SSSR count). The first-order valence-corrected chi connectivity index (χ1v) is 12.7. The van der Waals surface area contributed by atoms with E-state index >= 15 is 0 Å². The number of benzene rings is 3. The summed E-state index contributed by atoms with van der Waals surface area (Å²) in [6, 6.07) is 20.3.